The van der Waals surface area contributed by atoms with Crippen LogP contribution in [0.3, 0.4) is 0 Å². The van der Waals surface area contributed by atoms with E-state index in [1.54, 1.807) is 7.11 Å². The first kappa shape index (κ1) is 11.8. The van der Waals surface area contributed by atoms with Crippen molar-refractivity contribution in [2.24, 2.45) is 0 Å². The summed E-state index contributed by atoms with van der Waals surface area (Å²) in [7, 11) is 1.68. The minimum Gasteiger partial charge on any atom is -0.383 e. The fourth-order valence-corrected chi connectivity index (χ4v) is 1.69. The highest BCUT2D eigenvalue weighted by atomic mass is 79.9. The number of hydrogen-bond donors (Lipinski definition) is 1. The van der Waals surface area contributed by atoms with Crippen molar-refractivity contribution in [1.82, 2.24) is 0 Å². The van der Waals surface area contributed by atoms with Gasteiger partial charge in [-0.2, -0.15) is 0 Å². The zero-order valence-corrected chi connectivity index (χ0v) is 10.4. The molecule has 14 heavy (non-hydrogen) atoms. The van der Waals surface area contributed by atoms with Crippen LogP contribution < -0.4 is 5.32 Å². The fourth-order valence-electron chi connectivity index (χ4n) is 1.07. The van der Waals surface area contributed by atoms with Gasteiger partial charge in [0, 0.05) is 19.0 Å². The molecule has 0 spiro atoms. The predicted octanol–water partition coefficient (Wildman–Crippen LogP) is 3.29. The number of hydrogen-bond acceptors (Lipinski definition) is 2. The number of halogens is 2. The van der Waals surface area contributed by atoms with E-state index >= 15 is 0 Å². The van der Waals surface area contributed by atoms with Gasteiger partial charge in [0.15, 0.2) is 0 Å². The van der Waals surface area contributed by atoms with Gasteiger partial charge in [-0.3, -0.25) is 0 Å². The van der Waals surface area contributed by atoms with Gasteiger partial charge in [-0.05, 0) is 17.7 Å². The Labute approximate surface area is 97.7 Å². The normalized spacial score (nSPS) is 10.2. The molecule has 0 aliphatic carbocycles. The van der Waals surface area contributed by atoms with Crippen molar-refractivity contribution in [2.45, 2.75) is 5.33 Å². The summed E-state index contributed by atoms with van der Waals surface area (Å²) >= 11 is 9.44. The van der Waals surface area contributed by atoms with Crippen LogP contribution in [-0.2, 0) is 10.1 Å². The number of nitrogens with one attached hydrogen (secondary N) is 1. The highest BCUT2D eigenvalue weighted by Crippen LogP contribution is 2.23. The average molecular weight is 279 g/mol. The predicted molar refractivity (Wildman–Crippen MR) is 64.4 cm³/mol. The number of ether oxygens (including phenoxy) is 1. The molecule has 0 amide bonds. The molecular formula is C10H13BrClNO. The smallest absolute Gasteiger partial charge is 0.0640 e. The van der Waals surface area contributed by atoms with Crippen LogP contribution in [-0.4, -0.2) is 20.3 Å². The van der Waals surface area contributed by atoms with E-state index in [9.17, 15) is 0 Å². The number of benzene rings is 1. The molecule has 0 fully saturated rings. The van der Waals surface area contributed by atoms with E-state index in [1.165, 1.54) is 5.56 Å². The molecule has 0 aliphatic rings. The van der Waals surface area contributed by atoms with E-state index in [0.717, 1.165) is 22.6 Å². The van der Waals surface area contributed by atoms with Crippen molar-refractivity contribution in [3.05, 3.63) is 28.8 Å². The van der Waals surface area contributed by atoms with E-state index in [1.807, 2.05) is 18.2 Å². The monoisotopic (exact) mass is 277 g/mol. The third kappa shape index (κ3) is 3.48. The first-order chi connectivity index (χ1) is 6.77. The summed E-state index contributed by atoms with van der Waals surface area (Å²) < 4.78 is 4.94. The second kappa shape index (κ2) is 6.27. The summed E-state index contributed by atoms with van der Waals surface area (Å²) in [6.45, 7) is 1.44. The number of rotatable bonds is 5. The molecule has 1 aromatic rings. The van der Waals surface area contributed by atoms with Crippen molar-refractivity contribution in [3.63, 3.8) is 0 Å². The van der Waals surface area contributed by atoms with Gasteiger partial charge in [-0.15, -0.1) is 0 Å². The Balaban J connectivity index is 2.59. The molecule has 1 rings (SSSR count). The Kier molecular flexibility index (Phi) is 5.30. The maximum Gasteiger partial charge on any atom is 0.0640 e. The maximum atomic E-state index is 6.06. The standard InChI is InChI=1S/C10H13BrClNO/c1-14-5-4-13-10-3-2-8(7-11)6-9(10)12/h2-3,6,13H,4-5,7H2,1H3. The summed E-state index contributed by atoms with van der Waals surface area (Å²) in [5, 5.41) is 4.77. The van der Waals surface area contributed by atoms with E-state index in [0.29, 0.717) is 6.61 Å². The molecule has 0 aliphatic heterocycles. The largest absolute Gasteiger partial charge is 0.383 e. The summed E-state index contributed by atoms with van der Waals surface area (Å²) in [5.41, 5.74) is 2.13. The molecule has 4 heteroatoms. The quantitative estimate of drug-likeness (QED) is 0.659. The molecule has 1 N–H and O–H groups in total. The van der Waals surface area contributed by atoms with E-state index in [2.05, 4.69) is 21.2 Å². The summed E-state index contributed by atoms with van der Waals surface area (Å²) in [4.78, 5) is 0. The van der Waals surface area contributed by atoms with Crippen LogP contribution >= 0.6 is 27.5 Å². The van der Waals surface area contributed by atoms with Crippen molar-refractivity contribution < 1.29 is 4.74 Å². The Bertz CT molecular complexity index is 293. The van der Waals surface area contributed by atoms with Gasteiger partial charge in [0.25, 0.3) is 0 Å². The van der Waals surface area contributed by atoms with E-state index < -0.39 is 0 Å². The maximum absolute atomic E-state index is 6.06. The molecule has 0 saturated carbocycles. The van der Waals surface area contributed by atoms with Crippen molar-refractivity contribution >= 4 is 33.2 Å². The zero-order valence-electron chi connectivity index (χ0n) is 8.02. The summed E-state index contributed by atoms with van der Waals surface area (Å²) in [5.74, 6) is 0. The SMILES string of the molecule is COCCNc1ccc(CBr)cc1Cl. The molecule has 0 unspecified atom stereocenters. The molecule has 2 nitrogen and oxygen atoms in total. The summed E-state index contributed by atoms with van der Waals surface area (Å²) in [6, 6.07) is 5.97. The first-order valence-corrected chi connectivity index (χ1v) is 5.85. The van der Waals surface area contributed by atoms with Crippen LogP contribution in [0.15, 0.2) is 18.2 Å². The van der Waals surface area contributed by atoms with Crippen LogP contribution in [0.5, 0.6) is 0 Å². The molecule has 78 valence electrons. The second-order valence-electron chi connectivity index (χ2n) is 2.87. The Morgan fingerprint density at radius 1 is 1.50 bits per heavy atom. The molecule has 0 aromatic heterocycles. The molecule has 0 atom stereocenters. The van der Waals surface area contributed by atoms with Gasteiger partial charge in [-0.1, -0.05) is 33.6 Å². The van der Waals surface area contributed by atoms with Gasteiger partial charge in [0.05, 0.1) is 17.3 Å². The highest BCUT2D eigenvalue weighted by Gasteiger charge is 2.00. The molecule has 0 bridgehead atoms. The lowest BCUT2D eigenvalue weighted by Gasteiger charge is -2.08. The van der Waals surface area contributed by atoms with Crippen LogP contribution in [0.25, 0.3) is 0 Å². The zero-order chi connectivity index (χ0) is 10.4. The lowest BCUT2D eigenvalue weighted by Crippen LogP contribution is -2.07. The van der Waals surface area contributed by atoms with Crippen molar-refractivity contribution in [3.8, 4) is 0 Å². The third-order valence-electron chi connectivity index (χ3n) is 1.81. The molecule has 1 aromatic carbocycles. The number of methoxy groups -OCH3 is 1. The van der Waals surface area contributed by atoms with Crippen molar-refractivity contribution in [2.75, 3.05) is 25.6 Å². The van der Waals surface area contributed by atoms with Crippen LogP contribution in [0.2, 0.25) is 5.02 Å². The fraction of sp³-hybridized carbons (Fsp3) is 0.400. The van der Waals surface area contributed by atoms with Gasteiger partial charge in [-0.25, -0.2) is 0 Å². The minimum absolute atomic E-state index is 0.677. The lowest BCUT2D eigenvalue weighted by molar-refractivity contribution is 0.211. The topological polar surface area (TPSA) is 21.3 Å². The van der Waals surface area contributed by atoms with E-state index in [4.69, 9.17) is 16.3 Å². The van der Waals surface area contributed by atoms with Gasteiger partial charge < -0.3 is 10.1 Å². The minimum atomic E-state index is 0.677. The first-order valence-electron chi connectivity index (χ1n) is 4.35. The summed E-state index contributed by atoms with van der Waals surface area (Å²) in [6.07, 6.45) is 0. The van der Waals surface area contributed by atoms with Gasteiger partial charge in [0.2, 0.25) is 0 Å². The number of alkyl halides is 1. The van der Waals surface area contributed by atoms with E-state index in [-0.39, 0.29) is 0 Å². The van der Waals surface area contributed by atoms with Crippen molar-refractivity contribution in [1.29, 1.82) is 0 Å². The molecular weight excluding hydrogens is 265 g/mol. The highest BCUT2D eigenvalue weighted by molar-refractivity contribution is 9.08. The Hall–Kier alpha value is -0.250. The molecule has 0 radical (unpaired) electrons. The Morgan fingerprint density at radius 3 is 2.86 bits per heavy atom. The molecule has 0 saturated heterocycles. The van der Waals surface area contributed by atoms with Gasteiger partial charge in [0.1, 0.15) is 0 Å². The lowest BCUT2D eigenvalue weighted by atomic mass is 10.2. The van der Waals surface area contributed by atoms with Crippen LogP contribution in [0.4, 0.5) is 5.69 Å². The Morgan fingerprint density at radius 2 is 2.29 bits per heavy atom. The van der Waals surface area contributed by atoms with Crippen LogP contribution in [0, 0.1) is 0 Å². The molecule has 0 heterocycles. The van der Waals surface area contributed by atoms with Crippen LogP contribution in [0.1, 0.15) is 5.56 Å². The number of anilines is 1. The second-order valence-corrected chi connectivity index (χ2v) is 3.84. The average Bonchev–Trinajstić information content (AvgIpc) is 2.20. The van der Waals surface area contributed by atoms with Gasteiger partial charge >= 0.3 is 0 Å². The third-order valence-corrected chi connectivity index (χ3v) is 2.77.